The molecule has 1 fully saturated rings. The lowest BCUT2D eigenvalue weighted by molar-refractivity contribution is 0.310. The van der Waals surface area contributed by atoms with Gasteiger partial charge in [-0.1, -0.05) is 18.2 Å². The smallest absolute Gasteiger partial charge is 0.267 e. The molecule has 1 saturated heterocycles. The summed E-state index contributed by atoms with van der Waals surface area (Å²) in [5, 5.41) is 3.92. The minimum Gasteiger partial charge on any atom is -0.437 e. The fourth-order valence-electron chi connectivity index (χ4n) is 4.43. The van der Waals surface area contributed by atoms with Gasteiger partial charge in [0, 0.05) is 57.1 Å². The summed E-state index contributed by atoms with van der Waals surface area (Å²) in [5.74, 6) is -0.299. The molecule has 0 atom stereocenters. The third kappa shape index (κ3) is 5.83. The molecule has 5 rings (SSSR count). The van der Waals surface area contributed by atoms with E-state index in [1.54, 1.807) is 13.1 Å². The van der Waals surface area contributed by atoms with Crippen LogP contribution in [-0.4, -0.2) is 71.3 Å². The Hall–Kier alpha value is -4.10. The molecule has 1 aromatic carbocycles. The van der Waals surface area contributed by atoms with E-state index in [-0.39, 0.29) is 28.3 Å². The van der Waals surface area contributed by atoms with E-state index in [0.717, 1.165) is 29.8 Å². The molecule has 39 heavy (non-hydrogen) atoms. The van der Waals surface area contributed by atoms with Gasteiger partial charge in [-0.3, -0.25) is 4.68 Å². The van der Waals surface area contributed by atoms with Gasteiger partial charge in [-0.25, -0.2) is 27.5 Å². The number of ether oxygens (including phenoxy) is 1. The van der Waals surface area contributed by atoms with Gasteiger partial charge in [-0.2, -0.15) is 10.1 Å². The highest BCUT2D eigenvalue weighted by atomic mass is 32.2. The quantitative estimate of drug-likeness (QED) is 0.368. The molecule has 4 aromatic rings. The Labute approximate surface area is 226 Å². The third-order valence-electron chi connectivity index (χ3n) is 6.48. The Kier molecular flexibility index (Phi) is 7.19. The van der Waals surface area contributed by atoms with E-state index in [1.807, 2.05) is 44.0 Å². The van der Waals surface area contributed by atoms with Crippen molar-refractivity contribution in [1.29, 1.82) is 0 Å². The van der Waals surface area contributed by atoms with Crippen LogP contribution in [0.3, 0.4) is 0 Å². The maximum absolute atomic E-state index is 15.0. The predicted octanol–water partition coefficient (Wildman–Crippen LogP) is 3.37. The van der Waals surface area contributed by atoms with Crippen molar-refractivity contribution in [2.24, 2.45) is 7.05 Å². The largest absolute Gasteiger partial charge is 0.437 e. The second-order valence-electron chi connectivity index (χ2n) is 9.51. The first-order chi connectivity index (χ1) is 18.6. The second kappa shape index (κ2) is 10.6. The first-order valence-electron chi connectivity index (χ1n) is 12.3. The highest BCUT2D eigenvalue weighted by Crippen LogP contribution is 2.32. The van der Waals surface area contributed by atoms with Crippen molar-refractivity contribution >= 4 is 21.8 Å². The highest BCUT2D eigenvalue weighted by Gasteiger charge is 2.22. The summed E-state index contributed by atoms with van der Waals surface area (Å²) in [4.78, 5) is 17.1. The van der Waals surface area contributed by atoms with Gasteiger partial charge in [0.15, 0.2) is 17.4 Å². The fraction of sp³-hybridized carbons (Fsp3) is 0.308. The number of rotatable bonds is 7. The molecule has 0 amide bonds. The summed E-state index contributed by atoms with van der Waals surface area (Å²) in [6.07, 6.45) is 4.02. The van der Waals surface area contributed by atoms with Crippen molar-refractivity contribution in [3.8, 4) is 22.9 Å². The number of hydrogen-bond donors (Lipinski definition) is 1. The normalized spacial score (nSPS) is 14.4. The van der Waals surface area contributed by atoms with Crippen LogP contribution in [0, 0.1) is 19.7 Å². The molecular weight excluding hydrogens is 523 g/mol. The molecule has 0 radical (unpaired) electrons. The molecule has 0 bridgehead atoms. The number of aryl methyl sites for hydroxylation is 3. The molecule has 204 valence electrons. The molecule has 3 aromatic heterocycles. The molecule has 13 heteroatoms. The Morgan fingerprint density at radius 1 is 1.00 bits per heavy atom. The van der Waals surface area contributed by atoms with E-state index in [4.69, 9.17) is 4.74 Å². The zero-order valence-corrected chi connectivity index (χ0v) is 22.9. The van der Waals surface area contributed by atoms with Crippen molar-refractivity contribution < 1.29 is 17.5 Å². The number of aromatic nitrogens is 5. The summed E-state index contributed by atoms with van der Waals surface area (Å²) in [5.41, 5.74) is 3.12. The molecule has 0 aliphatic carbocycles. The molecule has 0 spiro atoms. The van der Waals surface area contributed by atoms with Crippen LogP contribution < -0.4 is 14.4 Å². The Morgan fingerprint density at radius 3 is 2.36 bits per heavy atom. The molecule has 4 heterocycles. The van der Waals surface area contributed by atoms with E-state index in [9.17, 15) is 8.42 Å². The van der Waals surface area contributed by atoms with Crippen LogP contribution in [0.1, 0.15) is 11.1 Å². The van der Waals surface area contributed by atoms with Gasteiger partial charge in [0.05, 0.1) is 18.1 Å². The first-order valence-corrected chi connectivity index (χ1v) is 13.8. The van der Waals surface area contributed by atoms with E-state index < -0.39 is 15.8 Å². The monoisotopic (exact) mass is 552 g/mol. The van der Waals surface area contributed by atoms with Gasteiger partial charge < -0.3 is 14.5 Å². The van der Waals surface area contributed by atoms with Gasteiger partial charge in [-0.15, -0.1) is 0 Å². The maximum Gasteiger partial charge on any atom is 0.267 e. The van der Waals surface area contributed by atoms with Crippen LogP contribution in [0.15, 0.2) is 53.8 Å². The molecular formula is C26H29FN8O3S. The number of likely N-dealkylation sites (N-methyl/N-ethyl adjacent to an activating group) is 1. The summed E-state index contributed by atoms with van der Waals surface area (Å²) in [7, 11) is -0.384. The zero-order valence-electron chi connectivity index (χ0n) is 22.1. The van der Waals surface area contributed by atoms with E-state index in [1.165, 1.54) is 29.3 Å². The Morgan fingerprint density at radius 2 is 1.72 bits per heavy atom. The average molecular weight is 553 g/mol. The number of sulfonamides is 1. The molecule has 1 N–H and O–H groups in total. The number of piperazine rings is 1. The lowest BCUT2D eigenvalue weighted by atomic mass is 10.00. The fourth-order valence-corrected chi connectivity index (χ4v) is 5.35. The lowest BCUT2D eigenvalue weighted by Gasteiger charge is -2.33. The van der Waals surface area contributed by atoms with Crippen LogP contribution in [-0.2, 0) is 17.1 Å². The minimum absolute atomic E-state index is 0.0279. The van der Waals surface area contributed by atoms with Gasteiger partial charge in [-0.05, 0) is 32.0 Å². The topological polar surface area (TPSA) is 118 Å². The number of nitrogens with one attached hydrogen (secondary N) is 1. The van der Waals surface area contributed by atoms with E-state index >= 15 is 4.39 Å². The van der Waals surface area contributed by atoms with Crippen molar-refractivity contribution in [2.45, 2.75) is 18.7 Å². The molecule has 0 unspecified atom stereocenters. The van der Waals surface area contributed by atoms with Crippen molar-refractivity contribution in [1.82, 2.24) is 29.6 Å². The summed E-state index contributed by atoms with van der Waals surface area (Å²) < 4.78 is 50.7. The minimum atomic E-state index is -4.03. The van der Waals surface area contributed by atoms with Gasteiger partial charge >= 0.3 is 0 Å². The Balaban J connectivity index is 1.49. The number of halogens is 1. The summed E-state index contributed by atoms with van der Waals surface area (Å²) >= 11 is 0. The van der Waals surface area contributed by atoms with Crippen LogP contribution >= 0.6 is 0 Å². The Bertz CT molecular complexity index is 1600. The number of nitrogens with zero attached hydrogens (tertiary/aromatic N) is 7. The average Bonchev–Trinajstić information content (AvgIpc) is 3.32. The maximum atomic E-state index is 15.0. The van der Waals surface area contributed by atoms with Crippen molar-refractivity contribution in [2.75, 3.05) is 42.8 Å². The van der Waals surface area contributed by atoms with E-state index in [2.05, 4.69) is 29.7 Å². The molecule has 11 nitrogen and oxygen atoms in total. The number of pyridine rings is 1. The zero-order chi connectivity index (χ0) is 27.7. The third-order valence-corrected chi connectivity index (χ3v) is 7.76. The molecule has 1 aliphatic rings. The first kappa shape index (κ1) is 26.5. The van der Waals surface area contributed by atoms with Crippen LogP contribution in [0.2, 0.25) is 0 Å². The summed E-state index contributed by atoms with van der Waals surface area (Å²) in [6, 6.07) is 8.63. The van der Waals surface area contributed by atoms with Crippen LogP contribution in [0.5, 0.6) is 11.6 Å². The van der Waals surface area contributed by atoms with Gasteiger partial charge in [0.1, 0.15) is 4.90 Å². The summed E-state index contributed by atoms with van der Waals surface area (Å²) in [6.45, 7) is 6.85. The lowest BCUT2D eigenvalue weighted by Crippen LogP contribution is -2.45. The van der Waals surface area contributed by atoms with Crippen molar-refractivity contribution in [3.05, 3.63) is 65.9 Å². The number of hydrogen-bond acceptors (Lipinski definition) is 9. The highest BCUT2D eigenvalue weighted by molar-refractivity contribution is 7.92. The predicted molar refractivity (Wildman–Crippen MR) is 145 cm³/mol. The number of anilines is 2. The van der Waals surface area contributed by atoms with Crippen LogP contribution in [0.25, 0.3) is 11.3 Å². The van der Waals surface area contributed by atoms with Crippen LogP contribution in [0.4, 0.5) is 16.2 Å². The van der Waals surface area contributed by atoms with Crippen molar-refractivity contribution in [3.63, 3.8) is 0 Å². The number of benzene rings is 1. The standard InChI is InChI=1S/C26H29FN8O3S/c1-17-6-5-7-18(2)24(17)22-13-23(31-26(30-22)32-39(36,37)20-15-29-34(4)16-20)38-19-12-21(27)25(28-14-19)35-10-8-33(3)9-11-35/h5-7,12-16H,8-11H2,1-4H3,(H,30,31,32). The van der Waals surface area contributed by atoms with E-state index in [0.29, 0.717) is 18.8 Å². The van der Waals surface area contributed by atoms with Gasteiger partial charge in [0.2, 0.25) is 11.8 Å². The van der Waals surface area contributed by atoms with Gasteiger partial charge in [0.25, 0.3) is 10.0 Å². The second-order valence-corrected chi connectivity index (χ2v) is 11.2. The SMILES string of the molecule is Cc1cccc(C)c1-c1cc(Oc2cnc(N3CCN(C)CC3)c(F)c2)nc(NS(=O)(=O)c2cnn(C)c2)n1. The molecule has 0 saturated carbocycles. The molecule has 1 aliphatic heterocycles.